The summed E-state index contributed by atoms with van der Waals surface area (Å²) in [5.74, 6) is -0.397. The van der Waals surface area contributed by atoms with Crippen LogP contribution in [0.4, 0.5) is 0 Å². The third kappa shape index (κ3) is 3.51. The van der Waals surface area contributed by atoms with Gasteiger partial charge in [0.1, 0.15) is 0 Å². The van der Waals surface area contributed by atoms with Gasteiger partial charge in [-0.3, -0.25) is 9.59 Å². The highest BCUT2D eigenvalue weighted by Crippen LogP contribution is 2.22. The molecule has 1 aromatic carbocycles. The minimum Gasteiger partial charge on any atom is -0.293 e. The van der Waals surface area contributed by atoms with E-state index < -0.39 is 5.92 Å². The number of hydrogen-bond acceptors (Lipinski definition) is 4. The van der Waals surface area contributed by atoms with Gasteiger partial charge in [-0.05, 0) is 42.0 Å². The van der Waals surface area contributed by atoms with E-state index in [2.05, 4.69) is 0 Å². The van der Waals surface area contributed by atoms with Gasteiger partial charge >= 0.3 is 0 Å². The average molecular weight is 325 g/mol. The molecular formula is C15H13ClO2S2. The molecule has 0 aliphatic heterocycles. The van der Waals surface area contributed by atoms with Crippen LogP contribution in [0, 0.1) is 5.92 Å². The highest BCUT2D eigenvalue weighted by atomic mass is 35.5. The Hall–Kier alpha value is -1.10. The second-order valence-electron chi connectivity index (χ2n) is 4.22. The SMILES string of the molecule is CSCC(C(=O)c1ccc(Cl)cc1)C(=O)c1cccs1. The Morgan fingerprint density at radius 3 is 2.45 bits per heavy atom. The molecule has 20 heavy (non-hydrogen) atoms. The number of thiophene rings is 1. The molecule has 0 radical (unpaired) electrons. The van der Waals surface area contributed by atoms with Crippen molar-refractivity contribution in [2.75, 3.05) is 12.0 Å². The minimum atomic E-state index is -0.634. The number of benzene rings is 1. The first-order chi connectivity index (χ1) is 9.63. The Morgan fingerprint density at radius 2 is 1.90 bits per heavy atom. The molecule has 104 valence electrons. The molecule has 0 aliphatic rings. The highest BCUT2D eigenvalue weighted by Gasteiger charge is 2.28. The molecule has 0 fully saturated rings. The van der Waals surface area contributed by atoms with Crippen molar-refractivity contribution in [3.05, 3.63) is 57.2 Å². The van der Waals surface area contributed by atoms with Gasteiger partial charge in [0, 0.05) is 16.3 Å². The summed E-state index contributed by atoms with van der Waals surface area (Å²) in [6, 6.07) is 10.2. The molecular weight excluding hydrogens is 312 g/mol. The standard InChI is InChI=1S/C15H13ClO2S2/c1-19-9-12(15(18)13-3-2-8-20-13)14(17)10-4-6-11(16)7-5-10/h2-8,12H,9H2,1H3. The summed E-state index contributed by atoms with van der Waals surface area (Å²) in [6.45, 7) is 0. The number of carbonyl (C=O) groups excluding carboxylic acids is 2. The second-order valence-corrected chi connectivity index (χ2v) is 6.52. The molecule has 0 spiro atoms. The Bertz CT molecular complexity index is 591. The van der Waals surface area contributed by atoms with Crippen LogP contribution in [0.15, 0.2) is 41.8 Å². The maximum Gasteiger partial charge on any atom is 0.184 e. The molecule has 2 rings (SSSR count). The van der Waals surface area contributed by atoms with Gasteiger partial charge in [0.2, 0.25) is 0 Å². The maximum absolute atomic E-state index is 12.5. The van der Waals surface area contributed by atoms with E-state index in [1.54, 1.807) is 30.3 Å². The summed E-state index contributed by atoms with van der Waals surface area (Å²) >= 11 is 8.69. The lowest BCUT2D eigenvalue weighted by molar-refractivity contribution is 0.0827. The lowest BCUT2D eigenvalue weighted by Gasteiger charge is -2.12. The van der Waals surface area contributed by atoms with Gasteiger partial charge in [-0.25, -0.2) is 0 Å². The predicted molar refractivity (Wildman–Crippen MR) is 86.3 cm³/mol. The molecule has 5 heteroatoms. The van der Waals surface area contributed by atoms with Crippen LogP contribution in [0.5, 0.6) is 0 Å². The number of hydrogen-bond donors (Lipinski definition) is 0. The van der Waals surface area contributed by atoms with E-state index in [0.29, 0.717) is 21.2 Å². The second kappa shape index (κ2) is 7.07. The topological polar surface area (TPSA) is 34.1 Å². The van der Waals surface area contributed by atoms with Crippen LogP contribution in [-0.4, -0.2) is 23.6 Å². The molecule has 1 unspecified atom stereocenters. The van der Waals surface area contributed by atoms with E-state index in [4.69, 9.17) is 11.6 Å². The van der Waals surface area contributed by atoms with Crippen LogP contribution in [0.25, 0.3) is 0 Å². The van der Waals surface area contributed by atoms with Crippen molar-refractivity contribution in [2.45, 2.75) is 0 Å². The molecule has 0 N–H and O–H groups in total. The summed E-state index contributed by atoms with van der Waals surface area (Å²) in [5.41, 5.74) is 0.526. The van der Waals surface area contributed by atoms with E-state index in [1.807, 2.05) is 17.7 Å². The van der Waals surface area contributed by atoms with E-state index in [9.17, 15) is 9.59 Å². The zero-order valence-corrected chi connectivity index (χ0v) is 13.2. The van der Waals surface area contributed by atoms with Crippen molar-refractivity contribution in [3.63, 3.8) is 0 Å². The summed E-state index contributed by atoms with van der Waals surface area (Å²) in [4.78, 5) is 25.6. The normalized spacial score (nSPS) is 12.1. The zero-order chi connectivity index (χ0) is 14.5. The molecule has 2 aromatic rings. The lowest BCUT2D eigenvalue weighted by Crippen LogP contribution is -2.26. The Morgan fingerprint density at radius 1 is 1.20 bits per heavy atom. The fourth-order valence-electron chi connectivity index (χ4n) is 1.84. The number of rotatable bonds is 6. The van der Waals surface area contributed by atoms with Crippen molar-refractivity contribution in [2.24, 2.45) is 5.92 Å². The van der Waals surface area contributed by atoms with Crippen molar-refractivity contribution in [3.8, 4) is 0 Å². The Balaban J connectivity index is 2.26. The number of thioether (sulfide) groups is 1. The number of halogens is 1. The van der Waals surface area contributed by atoms with Gasteiger partial charge < -0.3 is 0 Å². The largest absolute Gasteiger partial charge is 0.293 e. The van der Waals surface area contributed by atoms with Gasteiger partial charge in [0.05, 0.1) is 10.8 Å². The van der Waals surface area contributed by atoms with Crippen LogP contribution in [0.1, 0.15) is 20.0 Å². The first kappa shape index (κ1) is 15.3. The molecule has 2 nitrogen and oxygen atoms in total. The predicted octanol–water partition coefficient (Wildman–Crippen LogP) is 4.45. The van der Waals surface area contributed by atoms with Gasteiger partial charge in [-0.1, -0.05) is 17.7 Å². The fraction of sp³-hybridized carbons (Fsp3) is 0.200. The summed E-state index contributed by atoms with van der Waals surface area (Å²) in [6.07, 6.45) is 1.89. The van der Waals surface area contributed by atoms with Crippen molar-refractivity contribution in [1.82, 2.24) is 0 Å². The van der Waals surface area contributed by atoms with Crippen LogP contribution < -0.4 is 0 Å². The molecule has 0 saturated heterocycles. The molecule has 1 heterocycles. The third-order valence-electron chi connectivity index (χ3n) is 2.86. The zero-order valence-electron chi connectivity index (χ0n) is 10.8. The van der Waals surface area contributed by atoms with Gasteiger partial charge in [0.25, 0.3) is 0 Å². The van der Waals surface area contributed by atoms with Crippen molar-refractivity contribution >= 4 is 46.3 Å². The average Bonchev–Trinajstić information content (AvgIpc) is 2.98. The van der Waals surface area contributed by atoms with Gasteiger partial charge in [-0.2, -0.15) is 11.8 Å². The monoisotopic (exact) mass is 324 g/mol. The maximum atomic E-state index is 12.5. The quantitative estimate of drug-likeness (QED) is 0.581. The van der Waals surface area contributed by atoms with Gasteiger partial charge in [-0.15, -0.1) is 11.3 Å². The Kier molecular flexibility index (Phi) is 5.40. The molecule has 1 aromatic heterocycles. The van der Waals surface area contributed by atoms with E-state index >= 15 is 0 Å². The molecule has 0 amide bonds. The Labute approximate surface area is 131 Å². The van der Waals surface area contributed by atoms with Crippen LogP contribution in [0.2, 0.25) is 5.02 Å². The lowest BCUT2D eigenvalue weighted by atomic mass is 9.94. The van der Waals surface area contributed by atoms with Crippen molar-refractivity contribution < 1.29 is 9.59 Å². The fourth-order valence-corrected chi connectivity index (χ4v) is 3.32. The molecule has 0 aliphatic carbocycles. The van der Waals surface area contributed by atoms with Crippen LogP contribution >= 0.6 is 34.7 Å². The van der Waals surface area contributed by atoms with Crippen LogP contribution in [0.3, 0.4) is 0 Å². The number of Topliss-reactive ketones (excluding diaryl/α,β-unsaturated/α-hetero) is 2. The number of ketones is 2. The smallest absolute Gasteiger partial charge is 0.184 e. The van der Waals surface area contributed by atoms with Crippen LogP contribution in [-0.2, 0) is 0 Å². The molecule has 1 atom stereocenters. The van der Waals surface area contributed by atoms with E-state index in [-0.39, 0.29) is 11.6 Å². The van der Waals surface area contributed by atoms with Gasteiger partial charge in [0.15, 0.2) is 11.6 Å². The number of carbonyl (C=O) groups is 2. The minimum absolute atomic E-state index is 0.102. The summed E-state index contributed by atoms with van der Waals surface area (Å²) in [7, 11) is 0. The third-order valence-corrected chi connectivity index (χ3v) is 4.66. The summed E-state index contributed by atoms with van der Waals surface area (Å²) in [5, 5.41) is 2.42. The molecule has 0 bridgehead atoms. The van der Waals surface area contributed by atoms with E-state index in [1.165, 1.54) is 23.1 Å². The highest BCUT2D eigenvalue weighted by molar-refractivity contribution is 7.98. The van der Waals surface area contributed by atoms with E-state index in [0.717, 1.165) is 0 Å². The summed E-state index contributed by atoms with van der Waals surface area (Å²) < 4.78 is 0. The molecule has 0 saturated carbocycles. The van der Waals surface area contributed by atoms with Crippen molar-refractivity contribution in [1.29, 1.82) is 0 Å². The first-order valence-electron chi connectivity index (χ1n) is 6.00. The first-order valence-corrected chi connectivity index (χ1v) is 8.65.